The number of sulfonamides is 1. The van der Waals surface area contributed by atoms with Gasteiger partial charge in [0.1, 0.15) is 0 Å². The molecule has 0 fully saturated rings. The zero-order valence-corrected chi connectivity index (χ0v) is 12.8. The van der Waals surface area contributed by atoms with Crippen LogP contribution in [-0.2, 0) is 10.0 Å². The molecule has 1 rings (SSSR count). The smallest absolute Gasteiger partial charge is 0.226 e. The molecule has 0 aliphatic rings. The van der Waals surface area contributed by atoms with Crippen LogP contribution in [0.2, 0.25) is 0 Å². The summed E-state index contributed by atoms with van der Waals surface area (Å²) in [5, 5.41) is 4.94. The Kier molecular flexibility index (Phi) is 8.42. The maximum absolute atomic E-state index is 10.9. The number of alkyl halides is 1. The Labute approximate surface area is 113 Å². The lowest BCUT2D eigenvalue weighted by molar-refractivity contribution is 0.596. The third kappa shape index (κ3) is 4.88. The molecule has 1 unspecified atom stereocenters. The molecule has 0 radical (unpaired) electrons. The summed E-state index contributed by atoms with van der Waals surface area (Å²) in [6.45, 7) is 0. The Morgan fingerprint density at radius 1 is 1.14 bits per heavy atom. The van der Waals surface area contributed by atoms with E-state index in [2.05, 4.69) is 15.9 Å². The summed E-state index contributed by atoms with van der Waals surface area (Å²) in [5.74, 6) is 0. The minimum atomic E-state index is -3.54. The van der Waals surface area contributed by atoms with Gasteiger partial charge in [0, 0.05) is 0 Å². The second-order valence-corrected chi connectivity index (χ2v) is 5.49. The van der Waals surface area contributed by atoms with Gasteiger partial charge in [-0.25, -0.2) is 13.6 Å². The Morgan fingerprint density at radius 2 is 1.57 bits per heavy atom. The molecule has 14 heavy (non-hydrogen) atoms. The monoisotopic (exact) mass is 409 g/mol. The summed E-state index contributed by atoms with van der Waals surface area (Å²) in [6, 6.07) is 8.73. The first-order valence-corrected chi connectivity index (χ1v) is 5.75. The highest BCUT2D eigenvalue weighted by atomic mass is 79.9. The van der Waals surface area contributed by atoms with Crippen molar-refractivity contribution in [3.8, 4) is 0 Å². The molecule has 0 amide bonds. The quantitative estimate of drug-likeness (QED) is 0.760. The van der Waals surface area contributed by atoms with Gasteiger partial charge in [-0.3, -0.25) is 0 Å². The predicted octanol–water partition coefficient (Wildman–Crippen LogP) is 2.52. The van der Waals surface area contributed by atoms with Gasteiger partial charge < -0.3 is 0 Å². The van der Waals surface area contributed by atoms with E-state index in [1.165, 1.54) is 0 Å². The van der Waals surface area contributed by atoms with E-state index in [-0.39, 0.29) is 34.0 Å². The lowest BCUT2D eigenvalue weighted by Crippen LogP contribution is -2.17. The van der Waals surface area contributed by atoms with Crippen LogP contribution in [0.15, 0.2) is 30.3 Å². The third-order valence-corrected chi connectivity index (χ3v) is 4.29. The molecule has 7 heteroatoms. The minimum Gasteiger partial charge on any atom is -0.227 e. The first kappa shape index (κ1) is 17.0. The van der Waals surface area contributed by atoms with Gasteiger partial charge in [0.05, 0.1) is 0 Å². The summed E-state index contributed by atoms with van der Waals surface area (Å²) in [6.07, 6.45) is 0. The van der Waals surface area contributed by atoms with E-state index in [0.717, 1.165) is 0 Å². The summed E-state index contributed by atoms with van der Waals surface area (Å²) in [7, 11) is -3.54. The minimum absolute atomic E-state index is 0. The van der Waals surface area contributed by atoms with E-state index in [1.54, 1.807) is 24.3 Å². The highest BCUT2D eigenvalue weighted by Crippen LogP contribution is 2.25. The van der Waals surface area contributed by atoms with E-state index < -0.39 is 14.2 Å². The van der Waals surface area contributed by atoms with E-state index in [4.69, 9.17) is 5.14 Å². The van der Waals surface area contributed by atoms with Crippen molar-refractivity contribution in [2.75, 3.05) is 0 Å². The number of halogens is 3. The largest absolute Gasteiger partial charge is 0.227 e. The zero-order chi connectivity index (χ0) is 9.19. The van der Waals surface area contributed by atoms with E-state index in [0.29, 0.717) is 5.56 Å². The number of hydrogen-bond acceptors (Lipinski definition) is 2. The Hall–Kier alpha value is 0.570. The Morgan fingerprint density at radius 3 is 1.93 bits per heavy atom. The highest BCUT2D eigenvalue weighted by Gasteiger charge is 2.18. The SMILES string of the molecule is Br.Br.NS(=O)(=O)C(Br)c1ccccc1. The first-order chi connectivity index (χ1) is 5.52. The van der Waals surface area contributed by atoms with Crippen LogP contribution in [0.1, 0.15) is 9.72 Å². The fraction of sp³-hybridized carbons (Fsp3) is 0.143. The van der Waals surface area contributed by atoms with Crippen LogP contribution < -0.4 is 5.14 Å². The molecule has 1 aromatic carbocycles. The molecule has 0 saturated carbocycles. The molecular weight excluding hydrogens is 402 g/mol. The van der Waals surface area contributed by atoms with Crippen LogP contribution in [0.5, 0.6) is 0 Å². The average Bonchev–Trinajstić information content (AvgIpc) is 2.03. The molecule has 3 nitrogen and oxygen atoms in total. The molecule has 0 saturated heterocycles. The second kappa shape index (κ2) is 6.95. The molecule has 1 atom stereocenters. The van der Waals surface area contributed by atoms with Gasteiger partial charge in [0.25, 0.3) is 0 Å². The molecule has 0 aromatic heterocycles. The maximum atomic E-state index is 10.9. The standard InChI is InChI=1S/C7H8BrNO2S.2BrH/c8-7(12(9,10)11)6-4-2-1-3-5-6;;/h1-5,7H,(H2,9,10,11);2*1H. The number of primary sulfonamides is 1. The predicted molar refractivity (Wildman–Crippen MR) is 71.9 cm³/mol. The zero-order valence-electron chi connectivity index (χ0n) is 6.96. The molecule has 82 valence electrons. The van der Waals surface area contributed by atoms with Crippen molar-refractivity contribution in [3.63, 3.8) is 0 Å². The number of rotatable bonds is 2. The van der Waals surface area contributed by atoms with Crippen molar-refractivity contribution in [1.29, 1.82) is 0 Å². The number of benzene rings is 1. The van der Waals surface area contributed by atoms with Crippen LogP contribution in [0.3, 0.4) is 0 Å². The second-order valence-electron chi connectivity index (χ2n) is 2.32. The van der Waals surface area contributed by atoms with E-state index >= 15 is 0 Å². The molecule has 0 heterocycles. The summed E-state index contributed by atoms with van der Waals surface area (Å²) >= 11 is 2.99. The van der Waals surface area contributed by atoms with Gasteiger partial charge in [-0.05, 0) is 5.56 Å². The molecule has 0 aliphatic heterocycles. The number of nitrogens with two attached hydrogens (primary N) is 1. The van der Waals surface area contributed by atoms with Crippen LogP contribution in [0.4, 0.5) is 0 Å². The van der Waals surface area contributed by atoms with Crippen molar-refractivity contribution >= 4 is 59.9 Å². The molecule has 0 aliphatic carbocycles. The van der Waals surface area contributed by atoms with Crippen molar-refractivity contribution in [1.82, 2.24) is 0 Å². The van der Waals surface area contributed by atoms with Gasteiger partial charge in [-0.1, -0.05) is 46.3 Å². The van der Waals surface area contributed by atoms with Gasteiger partial charge in [-0.2, -0.15) is 0 Å². The summed E-state index contributed by atoms with van der Waals surface area (Å²) < 4.78 is 20.9. The van der Waals surface area contributed by atoms with E-state index in [9.17, 15) is 8.42 Å². The fourth-order valence-electron chi connectivity index (χ4n) is 0.794. The fourth-order valence-corrected chi connectivity index (χ4v) is 1.64. The average molecular weight is 412 g/mol. The van der Waals surface area contributed by atoms with Crippen LogP contribution in [-0.4, -0.2) is 8.42 Å². The lowest BCUT2D eigenvalue weighted by atomic mass is 10.2. The molecular formula is C7H10Br3NO2S. The Balaban J connectivity index is 0. The Bertz CT molecular complexity index is 354. The topological polar surface area (TPSA) is 60.2 Å². The van der Waals surface area contributed by atoms with Crippen LogP contribution >= 0.6 is 49.9 Å². The third-order valence-electron chi connectivity index (χ3n) is 1.35. The van der Waals surface area contributed by atoms with Crippen molar-refractivity contribution < 1.29 is 8.42 Å². The summed E-state index contributed by atoms with van der Waals surface area (Å²) in [5.41, 5.74) is 0.639. The molecule has 2 N–H and O–H groups in total. The molecule has 0 bridgehead atoms. The van der Waals surface area contributed by atoms with Crippen molar-refractivity contribution in [2.45, 2.75) is 4.16 Å². The van der Waals surface area contributed by atoms with Crippen molar-refractivity contribution in [2.24, 2.45) is 5.14 Å². The van der Waals surface area contributed by atoms with Gasteiger partial charge >= 0.3 is 0 Å². The van der Waals surface area contributed by atoms with Gasteiger partial charge in [-0.15, -0.1) is 34.0 Å². The van der Waals surface area contributed by atoms with Gasteiger partial charge in [0.2, 0.25) is 10.0 Å². The van der Waals surface area contributed by atoms with Crippen LogP contribution in [0, 0.1) is 0 Å². The first-order valence-electron chi connectivity index (χ1n) is 3.22. The van der Waals surface area contributed by atoms with Crippen LogP contribution in [0.25, 0.3) is 0 Å². The molecule has 1 aromatic rings. The molecule has 0 spiro atoms. The van der Waals surface area contributed by atoms with Gasteiger partial charge in [0.15, 0.2) is 4.16 Å². The summed E-state index contributed by atoms with van der Waals surface area (Å²) in [4.78, 5) is 0. The maximum Gasteiger partial charge on any atom is 0.226 e. The van der Waals surface area contributed by atoms with Crippen molar-refractivity contribution in [3.05, 3.63) is 35.9 Å². The van der Waals surface area contributed by atoms with E-state index in [1.807, 2.05) is 6.07 Å². The highest BCUT2D eigenvalue weighted by molar-refractivity contribution is 9.10. The number of hydrogen-bond donors (Lipinski definition) is 1. The normalized spacial score (nSPS) is 12.1. The lowest BCUT2D eigenvalue weighted by Gasteiger charge is -2.06.